The van der Waals surface area contributed by atoms with Gasteiger partial charge in [0.25, 0.3) is 0 Å². The first-order valence-corrected chi connectivity index (χ1v) is 7.64. The highest BCUT2D eigenvalue weighted by atomic mass is 32.1. The van der Waals surface area contributed by atoms with Crippen molar-refractivity contribution in [3.63, 3.8) is 0 Å². The van der Waals surface area contributed by atoms with E-state index in [1.54, 1.807) is 17.4 Å². The van der Waals surface area contributed by atoms with Crippen molar-refractivity contribution in [3.8, 4) is 0 Å². The second kappa shape index (κ2) is 6.48. The molecule has 2 atom stereocenters. The van der Waals surface area contributed by atoms with Crippen molar-refractivity contribution < 1.29 is 4.39 Å². The third kappa shape index (κ3) is 3.08. The molecule has 0 aliphatic heterocycles. The number of halogens is 1. The van der Waals surface area contributed by atoms with Crippen molar-refractivity contribution in [2.45, 2.75) is 25.9 Å². The fourth-order valence-electron chi connectivity index (χ4n) is 2.43. The number of hydrogen-bond acceptors (Lipinski definition) is 3. The van der Waals surface area contributed by atoms with Crippen LogP contribution in [-0.4, -0.2) is 18.5 Å². The number of hydrogen-bond donors (Lipinski definition) is 1. The van der Waals surface area contributed by atoms with E-state index in [4.69, 9.17) is 5.73 Å². The maximum absolute atomic E-state index is 14.1. The van der Waals surface area contributed by atoms with E-state index < -0.39 is 0 Å². The highest BCUT2D eigenvalue weighted by molar-refractivity contribution is 7.10. The Balaban J connectivity index is 2.29. The van der Waals surface area contributed by atoms with E-state index in [2.05, 4.69) is 23.3 Å². The molecule has 0 radical (unpaired) electrons. The van der Waals surface area contributed by atoms with E-state index in [1.165, 1.54) is 10.9 Å². The Labute approximate surface area is 124 Å². The summed E-state index contributed by atoms with van der Waals surface area (Å²) in [7, 11) is 2.00. The summed E-state index contributed by atoms with van der Waals surface area (Å²) in [5.74, 6) is -0.184. The Hall–Kier alpha value is -1.23. The average molecular weight is 292 g/mol. The van der Waals surface area contributed by atoms with Crippen molar-refractivity contribution in [1.82, 2.24) is 4.90 Å². The predicted octanol–water partition coefficient (Wildman–Crippen LogP) is 3.89. The lowest BCUT2D eigenvalue weighted by Crippen LogP contribution is -2.33. The maximum Gasteiger partial charge on any atom is 0.128 e. The van der Waals surface area contributed by atoms with Gasteiger partial charge in [-0.05, 0) is 38.4 Å². The topological polar surface area (TPSA) is 29.3 Å². The molecule has 0 fully saturated rings. The number of nitrogens with zero attached hydrogens (tertiary/aromatic N) is 1. The van der Waals surface area contributed by atoms with Crippen LogP contribution in [0.4, 0.5) is 4.39 Å². The van der Waals surface area contributed by atoms with Gasteiger partial charge in [0.1, 0.15) is 5.82 Å². The number of rotatable bonds is 5. The second-order valence-corrected chi connectivity index (χ2v) is 6.11. The van der Waals surface area contributed by atoms with Crippen LogP contribution in [0.2, 0.25) is 0 Å². The minimum Gasteiger partial charge on any atom is -0.329 e. The van der Waals surface area contributed by atoms with E-state index >= 15 is 0 Å². The molecular formula is C16H21FN2S. The normalized spacial score (nSPS) is 14.5. The highest BCUT2D eigenvalue weighted by Gasteiger charge is 2.24. The van der Waals surface area contributed by atoms with Gasteiger partial charge in [-0.15, -0.1) is 11.3 Å². The van der Waals surface area contributed by atoms with Gasteiger partial charge in [-0.3, -0.25) is 4.90 Å². The molecule has 108 valence electrons. The molecule has 0 spiro atoms. The fourth-order valence-corrected chi connectivity index (χ4v) is 3.27. The standard InChI is InChI=1S/C16H21FN2S/c1-11-6-7-14(17)13(9-11)15(10-18)19(3)12(2)16-5-4-8-20-16/h4-9,12,15H,10,18H2,1-3H3. The van der Waals surface area contributed by atoms with Crippen molar-refractivity contribution >= 4 is 11.3 Å². The number of likely N-dealkylation sites (N-methyl/N-ethyl adjacent to an activating group) is 1. The van der Waals surface area contributed by atoms with Gasteiger partial charge < -0.3 is 5.73 Å². The smallest absolute Gasteiger partial charge is 0.128 e. The largest absolute Gasteiger partial charge is 0.329 e. The van der Waals surface area contributed by atoms with Crippen LogP contribution in [0.5, 0.6) is 0 Å². The lowest BCUT2D eigenvalue weighted by Gasteiger charge is -2.32. The summed E-state index contributed by atoms with van der Waals surface area (Å²) in [5, 5.41) is 2.06. The van der Waals surface area contributed by atoms with Crippen LogP contribution in [0.1, 0.15) is 35.0 Å². The van der Waals surface area contributed by atoms with Crippen LogP contribution in [0, 0.1) is 12.7 Å². The summed E-state index contributed by atoms with van der Waals surface area (Å²) in [6, 6.07) is 9.44. The molecule has 0 aliphatic rings. The summed E-state index contributed by atoms with van der Waals surface area (Å²) in [6.07, 6.45) is 0. The van der Waals surface area contributed by atoms with Crippen LogP contribution < -0.4 is 5.73 Å². The first-order chi connectivity index (χ1) is 9.54. The predicted molar refractivity (Wildman–Crippen MR) is 83.4 cm³/mol. The molecule has 0 saturated carbocycles. The van der Waals surface area contributed by atoms with Crippen LogP contribution in [0.15, 0.2) is 35.7 Å². The molecule has 2 unspecified atom stereocenters. The molecule has 0 saturated heterocycles. The van der Waals surface area contributed by atoms with Crippen molar-refractivity contribution in [3.05, 3.63) is 57.5 Å². The Kier molecular flexibility index (Phi) is 4.91. The molecule has 0 amide bonds. The Morgan fingerprint density at radius 3 is 2.70 bits per heavy atom. The molecule has 1 aromatic carbocycles. The van der Waals surface area contributed by atoms with Crippen LogP contribution in [0.3, 0.4) is 0 Å². The van der Waals surface area contributed by atoms with Crippen LogP contribution >= 0.6 is 11.3 Å². The highest BCUT2D eigenvalue weighted by Crippen LogP contribution is 2.31. The van der Waals surface area contributed by atoms with Gasteiger partial charge in [-0.2, -0.15) is 0 Å². The van der Waals surface area contributed by atoms with E-state index in [-0.39, 0.29) is 17.9 Å². The van der Waals surface area contributed by atoms with Gasteiger partial charge >= 0.3 is 0 Å². The Morgan fingerprint density at radius 2 is 2.10 bits per heavy atom. The van der Waals surface area contributed by atoms with E-state index in [0.29, 0.717) is 12.1 Å². The first kappa shape index (κ1) is 15.2. The fraction of sp³-hybridized carbons (Fsp3) is 0.375. The van der Waals surface area contributed by atoms with E-state index in [0.717, 1.165) is 5.56 Å². The average Bonchev–Trinajstić information content (AvgIpc) is 2.96. The number of nitrogens with two attached hydrogens (primary N) is 1. The summed E-state index contributed by atoms with van der Waals surface area (Å²) in [4.78, 5) is 3.41. The Bertz CT molecular complexity index is 554. The molecular weight excluding hydrogens is 271 g/mol. The van der Waals surface area contributed by atoms with Crippen molar-refractivity contribution in [2.24, 2.45) is 5.73 Å². The summed E-state index contributed by atoms with van der Waals surface area (Å²) in [6.45, 7) is 4.49. The SMILES string of the molecule is Cc1ccc(F)c(C(CN)N(C)C(C)c2cccs2)c1. The van der Waals surface area contributed by atoms with E-state index in [1.807, 2.05) is 26.1 Å². The van der Waals surface area contributed by atoms with Crippen LogP contribution in [-0.2, 0) is 0 Å². The summed E-state index contributed by atoms with van der Waals surface area (Å²) >= 11 is 1.71. The van der Waals surface area contributed by atoms with Gasteiger partial charge in [-0.1, -0.05) is 23.8 Å². The molecule has 2 rings (SSSR count). The third-order valence-electron chi connectivity index (χ3n) is 3.79. The quantitative estimate of drug-likeness (QED) is 0.906. The first-order valence-electron chi connectivity index (χ1n) is 6.76. The second-order valence-electron chi connectivity index (χ2n) is 5.13. The monoisotopic (exact) mass is 292 g/mol. The number of benzene rings is 1. The molecule has 1 aromatic heterocycles. The van der Waals surface area contributed by atoms with Crippen molar-refractivity contribution in [2.75, 3.05) is 13.6 Å². The summed E-state index contributed by atoms with van der Waals surface area (Å²) in [5.41, 5.74) is 7.64. The minimum absolute atomic E-state index is 0.119. The molecule has 20 heavy (non-hydrogen) atoms. The zero-order chi connectivity index (χ0) is 14.7. The summed E-state index contributed by atoms with van der Waals surface area (Å²) < 4.78 is 14.1. The molecule has 0 bridgehead atoms. The molecule has 4 heteroatoms. The lowest BCUT2D eigenvalue weighted by atomic mass is 10.0. The zero-order valence-corrected chi connectivity index (χ0v) is 13.0. The van der Waals surface area contributed by atoms with Gasteiger partial charge in [0, 0.05) is 23.0 Å². The molecule has 2 nitrogen and oxygen atoms in total. The lowest BCUT2D eigenvalue weighted by molar-refractivity contribution is 0.189. The Morgan fingerprint density at radius 1 is 1.35 bits per heavy atom. The van der Waals surface area contributed by atoms with Gasteiger partial charge in [0.15, 0.2) is 0 Å². The minimum atomic E-state index is -0.184. The number of aryl methyl sites for hydroxylation is 1. The molecule has 2 aromatic rings. The van der Waals surface area contributed by atoms with Gasteiger partial charge in [0.05, 0.1) is 6.04 Å². The van der Waals surface area contributed by atoms with Gasteiger partial charge in [-0.25, -0.2) is 4.39 Å². The van der Waals surface area contributed by atoms with Crippen molar-refractivity contribution in [1.29, 1.82) is 0 Å². The number of thiophene rings is 1. The molecule has 0 aliphatic carbocycles. The zero-order valence-electron chi connectivity index (χ0n) is 12.1. The van der Waals surface area contributed by atoms with Crippen LogP contribution in [0.25, 0.3) is 0 Å². The van der Waals surface area contributed by atoms with E-state index in [9.17, 15) is 4.39 Å². The maximum atomic E-state index is 14.1. The molecule has 2 N–H and O–H groups in total. The third-order valence-corrected chi connectivity index (χ3v) is 4.83. The molecule has 1 heterocycles. The van der Waals surface area contributed by atoms with Gasteiger partial charge in [0.2, 0.25) is 0 Å².